The van der Waals surface area contributed by atoms with Crippen LogP contribution in [0.4, 0.5) is 4.79 Å². The molecule has 2 unspecified atom stereocenters. The Balaban J connectivity index is 1.33. The largest absolute Gasteiger partial charge is 0.431 e. The van der Waals surface area contributed by atoms with Crippen molar-refractivity contribution in [2.24, 2.45) is 5.73 Å². The number of hydrogen-bond donors (Lipinski definition) is 6. The van der Waals surface area contributed by atoms with Gasteiger partial charge in [0, 0.05) is 11.9 Å². The Kier molecular flexibility index (Phi) is 11.4. The fourth-order valence-corrected chi connectivity index (χ4v) is 4.73. The minimum Gasteiger partial charge on any atom is -0.390 e. The fraction of sp³-hybridized carbons (Fsp3) is 0.367. The van der Waals surface area contributed by atoms with Gasteiger partial charge in [-0.15, -0.1) is 0 Å². The Bertz CT molecular complexity index is 1400. The van der Waals surface area contributed by atoms with E-state index in [1.807, 2.05) is 47.9 Å². The van der Waals surface area contributed by atoms with E-state index in [4.69, 9.17) is 15.4 Å². The number of aromatic nitrogens is 1. The maximum atomic E-state index is 12.8. The highest BCUT2D eigenvalue weighted by atomic mass is 16.7. The van der Waals surface area contributed by atoms with Crippen LogP contribution >= 0.6 is 0 Å². The normalized spacial score (nSPS) is 15.3. The summed E-state index contributed by atoms with van der Waals surface area (Å²) < 4.78 is 0. The molecule has 13 heteroatoms. The molecule has 0 bridgehead atoms. The predicted octanol–water partition coefficient (Wildman–Crippen LogP) is 1.40. The number of aliphatic hydroxyl groups is 1. The Morgan fingerprint density at radius 2 is 1.67 bits per heavy atom. The van der Waals surface area contributed by atoms with Crippen LogP contribution in [0.25, 0.3) is 10.9 Å². The number of hydrogen-bond acceptors (Lipinski definition) is 9. The van der Waals surface area contributed by atoms with Gasteiger partial charge in [-0.2, -0.15) is 11.0 Å². The first-order chi connectivity index (χ1) is 20.8. The van der Waals surface area contributed by atoms with Gasteiger partial charge in [-0.05, 0) is 37.0 Å². The average Bonchev–Trinajstić information content (AvgIpc) is 3.53. The summed E-state index contributed by atoms with van der Waals surface area (Å²) in [6, 6.07) is 17.3. The molecule has 4 amide bonds. The molecule has 3 aromatic rings. The number of pyridine rings is 1. The van der Waals surface area contributed by atoms with Crippen molar-refractivity contribution in [1.82, 2.24) is 26.6 Å². The van der Waals surface area contributed by atoms with Crippen molar-refractivity contribution in [3.63, 3.8) is 0 Å². The number of nitrogens with one attached hydrogen (secondary N) is 4. The van der Waals surface area contributed by atoms with E-state index in [0.717, 1.165) is 36.6 Å². The highest BCUT2D eigenvalue weighted by Gasteiger charge is 2.27. The first-order valence-electron chi connectivity index (χ1n) is 14.1. The van der Waals surface area contributed by atoms with E-state index in [9.17, 15) is 24.3 Å². The summed E-state index contributed by atoms with van der Waals surface area (Å²) in [5.41, 5.74) is 11.4. The van der Waals surface area contributed by atoms with Gasteiger partial charge in [0.25, 0.3) is 11.8 Å². The molecule has 4 rings (SSSR count). The molecule has 43 heavy (non-hydrogen) atoms. The lowest BCUT2D eigenvalue weighted by Gasteiger charge is -2.25. The van der Waals surface area contributed by atoms with Crippen LogP contribution in [0.1, 0.15) is 48.2 Å². The Labute approximate surface area is 248 Å². The van der Waals surface area contributed by atoms with Gasteiger partial charge in [0.15, 0.2) is 0 Å². The van der Waals surface area contributed by atoms with Gasteiger partial charge in [0.05, 0.1) is 30.2 Å². The third-order valence-electron chi connectivity index (χ3n) is 7.01. The van der Waals surface area contributed by atoms with Gasteiger partial charge >= 0.3 is 6.09 Å². The van der Waals surface area contributed by atoms with Crippen molar-refractivity contribution in [2.75, 3.05) is 6.54 Å². The number of amides is 4. The third kappa shape index (κ3) is 9.74. The topological polar surface area (TPSA) is 194 Å². The maximum Gasteiger partial charge on any atom is 0.431 e. The summed E-state index contributed by atoms with van der Waals surface area (Å²) in [6.45, 7) is 0.0379. The molecule has 228 valence electrons. The summed E-state index contributed by atoms with van der Waals surface area (Å²) in [5.74, 6) is -2.58. The van der Waals surface area contributed by atoms with E-state index < -0.39 is 48.4 Å². The standard InChI is InChI=1S/C30H36N6O7/c31-27(38)17-25(34-28(39)23-15-14-20-10-4-7-13-22(20)33-23)29(40)36-43-30(41)35-24(16-19-8-2-1-3-9-19)26(37)18-32-42-21-11-5-6-12-21/h1-4,7-10,13-15,21,24-26,32,37H,5-6,11-12,16-18H2,(H2,31,38)(H,34,39)(H,35,41)(H,36,40)/t24?,25-,26?/m1/s1. The second kappa shape index (κ2) is 15.6. The molecule has 1 aliphatic rings. The molecule has 1 saturated carbocycles. The zero-order valence-electron chi connectivity index (χ0n) is 23.5. The van der Waals surface area contributed by atoms with E-state index >= 15 is 0 Å². The van der Waals surface area contributed by atoms with Crippen molar-refractivity contribution >= 4 is 34.7 Å². The van der Waals surface area contributed by atoms with Crippen LogP contribution in [-0.4, -0.2) is 64.7 Å². The van der Waals surface area contributed by atoms with Crippen molar-refractivity contribution in [3.05, 3.63) is 78.0 Å². The van der Waals surface area contributed by atoms with E-state index in [2.05, 4.69) is 21.1 Å². The van der Waals surface area contributed by atoms with Crippen LogP contribution in [-0.2, 0) is 25.7 Å². The molecule has 13 nitrogen and oxygen atoms in total. The van der Waals surface area contributed by atoms with Crippen molar-refractivity contribution in [3.8, 4) is 0 Å². The molecule has 0 radical (unpaired) electrons. The number of para-hydroxylation sites is 1. The van der Waals surface area contributed by atoms with Gasteiger partial charge in [-0.25, -0.2) is 9.78 Å². The van der Waals surface area contributed by atoms with Crippen LogP contribution < -0.4 is 27.3 Å². The van der Waals surface area contributed by atoms with Crippen molar-refractivity contribution in [2.45, 2.75) is 62.8 Å². The molecule has 0 aliphatic heterocycles. The number of nitrogens with two attached hydrogens (primary N) is 1. The fourth-order valence-electron chi connectivity index (χ4n) is 4.73. The Hall–Kier alpha value is -4.59. The van der Waals surface area contributed by atoms with Crippen LogP contribution in [0.5, 0.6) is 0 Å². The van der Waals surface area contributed by atoms with Crippen LogP contribution in [0.3, 0.4) is 0 Å². The zero-order chi connectivity index (χ0) is 30.6. The van der Waals surface area contributed by atoms with Crippen LogP contribution in [0, 0.1) is 0 Å². The molecule has 2 aromatic carbocycles. The molecule has 1 fully saturated rings. The van der Waals surface area contributed by atoms with Crippen molar-refractivity contribution in [1.29, 1.82) is 0 Å². The van der Waals surface area contributed by atoms with Crippen LogP contribution in [0.15, 0.2) is 66.7 Å². The molecular weight excluding hydrogens is 556 g/mol. The number of hydroxylamine groups is 2. The van der Waals surface area contributed by atoms with Crippen LogP contribution in [0.2, 0.25) is 0 Å². The second-order valence-electron chi connectivity index (χ2n) is 10.3. The highest BCUT2D eigenvalue weighted by Crippen LogP contribution is 2.20. The quantitative estimate of drug-likeness (QED) is 0.159. The van der Waals surface area contributed by atoms with Gasteiger partial charge in [-0.1, -0.05) is 67.4 Å². The lowest BCUT2D eigenvalue weighted by molar-refractivity contribution is -0.133. The molecule has 7 N–H and O–H groups in total. The summed E-state index contributed by atoms with van der Waals surface area (Å²) in [6.07, 6.45) is 1.72. The van der Waals surface area contributed by atoms with E-state index in [1.54, 1.807) is 18.2 Å². The number of fused-ring (bicyclic) bond motifs is 1. The summed E-state index contributed by atoms with van der Waals surface area (Å²) in [4.78, 5) is 64.7. The average molecular weight is 593 g/mol. The van der Waals surface area contributed by atoms with E-state index in [0.29, 0.717) is 5.52 Å². The SMILES string of the molecule is NC(=O)C[C@@H](NC(=O)c1ccc2ccccc2n1)C(=O)NOC(=O)NC(Cc1ccccc1)C(O)CNOC1CCCC1. The maximum absolute atomic E-state index is 12.8. The molecular formula is C30H36N6O7. The third-order valence-corrected chi connectivity index (χ3v) is 7.01. The molecule has 0 spiro atoms. The number of carbonyl (C=O) groups is 4. The van der Waals surface area contributed by atoms with E-state index in [1.165, 1.54) is 6.07 Å². The number of primary amides is 1. The lowest BCUT2D eigenvalue weighted by atomic mass is 10.0. The minimum absolute atomic E-state index is 0.0166. The number of benzene rings is 2. The number of rotatable bonds is 13. The second-order valence-corrected chi connectivity index (χ2v) is 10.3. The predicted molar refractivity (Wildman–Crippen MR) is 156 cm³/mol. The first-order valence-corrected chi connectivity index (χ1v) is 14.1. The smallest absolute Gasteiger partial charge is 0.390 e. The zero-order valence-corrected chi connectivity index (χ0v) is 23.5. The minimum atomic E-state index is -1.45. The van der Waals surface area contributed by atoms with E-state index in [-0.39, 0.29) is 24.8 Å². The van der Waals surface area contributed by atoms with Gasteiger partial charge < -0.3 is 26.3 Å². The molecule has 1 aliphatic carbocycles. The number of aliphatic hydroxyl groups excluding tert-OH is 1. The van der Waals surface area contributed by atoms with Crippen molar-refractivity contribution < 1.29 is 34.0 Å². The Morgan fingerprint density at radius 1 is 0.953 bits per heavy atom. The monoisotopic (exact) mass is 592 g/mol. The molecule has 0 saturated heterocycles. The lowest BCUT2D eigenvalue weighted by Crippen LogP contribution is -2.52. The molecule has 3 atom stereocenters. The van der Waals surface area contributed by atoms with Gasteiger partial charge in [0.1, 0.15) is 11.7 Å². The number of nitrogens with zero attached hydrogens (tertiary/aromatic N) is 1. The molecule has 1 aromatic heterocycles. The summed E-state index contributed by atoms with van der Waals surface area (Å²) in [7, 11) is 0. The highest BCUT2D eigenvalue weighted by molar-refractivity contribution is 5.99. The van der Waals surface area contributed by atoms with Gasteiger partial charge in [0.2, 0.25) is 5.91 Å². The Morgan fingerprint density at radius 3 is 2.42 bits per heavy atom. The first kappa shape index (κ1) is 31.3. The molecule has 1 heterocycles. The van der Waals surface area contributed by atoms with Gasteiger partial charge in [-0.3, -0.25) is 19.2 Å². The number of carbonyl (C=O) groups excluding carboxylic acids is 4. The summed E-state index contributed by atoms with van der Waals surface area (Å²) in [5, 5.41) is 16.6. The summed E-state index contributed by atoms with van der Waals surface area (Å²) >= 11 is 0.